The van der Waals surface area contributed by atoms with E-state index in [0.29, 0.717) is 13.0 Å². The fraction of sp³-hybridized carbons (Fsp3) is 0.600. The van der Waals surface area contributed by atoms with Gasteiger partial charge in [-0.05, 0) is 6.42 Å². The Morgan fingerprint density at radius 3 is 2.89 bits per heavy atom. The second-order valence-corrected chi connectivity index (χ2v) is 7.28. The van der Waals surface area contributed by atoms with Gasteiger partial charge in [0.2, 0.25) is 0 Å². The molecule has 1 aromatic rings. The summed E-state index contributed by atoms with van der Waals surface area (Å²) >= 11 is 1.44. The molecule has 1 aliphatic rings. The van der Waals surface area contributed by atoms with Crippen molar-refractivity contribution in [3.05, 3.63) is 16.6 Å². The van der Waals surface area contributed by atoms with Crippen LogP contribution in [0.2, 0.25) is 0 Å². The lowest BCUT2D eigenvalue weighted by molar-refractivity contribution is -0.139. The zero-order valence-electron chi connectivity index (χ0n) is 9.65. The summed E-state index contributed by atoms with van der Waals surface area (Å²) in [6.07, 6.45) is 0.500. The van der Waals surface area contributed by atoms with Gasteiger partial charge < -0.3 is 5.11 Å². The van der Waals surface area contributed by atoms with Crippen molar-refractivity contribution in [2.24, 2.45) is 0 Å². The number of carbonyl (C=O) groups is 1. The van der Waals surface area contributed by atoms with E-state index in [9.17, 15) is 13.2 Å². The van der Waals surface area contributed by atoms with Gasteiger partial charge in [-0.3, -0.25) is 9.69 Å². The second kappa shape index (κ2) is 5.33. The van der Waals surface area contributed by atoms with Crippen molar-refractivity contribution in [1.82, 2.24) is 9.88 Å². The number of hydrogen-bond donors (Lipinski definition) is 1. The normalized spacial score (nSPS) is 22.4. The molecular weight excluding hydrogens is 276 g/mol. The van der Waals surface area contributed by atoms with Gasteiger partial charge in [0.1, 0.15) is 0 Å². The van der Waals surface area contributed by atoms with E-state index in [0.717, 1.165) is 5.69 Å². The minimum Gasteiger partial charge on any atom is -0.480 e. The first-order valence-electron chi connectivity index (χ1n) is 5.49. The van der Waals surface area contributed by atoms with E-state index in [1.54, 1.807) is 10.4 Å². The van der Waals surface area contributed by atoms with Crippen LogP contribution in [0.5, 0.6) is 0 Å². The van der Waals surface area contributed by atoms with Crippen molar-refractivity contribution >= 4 is 27.1 Å². The number of thiazole rings is 1. The van der Waals surface area contributed by atoms with Gasteiger partial charge in [-0.25, -0.2) is 13.4 Å². The molecule has 0 aromatic carbocycles. The Kier molecular flexibility index (Phi) is 3.98. The van der Waals surface area contributed by atoms with Crippen LogP contribution < -0.4 is 0 Å². The van der Waals surface area contributed by atoms with Gasteiger partial charge in [-0.1, -0.05) is 0 Å². The first-order chi connectivity index (χ1) is 8.46. The molecule has 2 heterocycles. The first-order valence-corrected chi connectivity index (χ1v) is 8.26. The lowest BCUT2D eigenvalue weighted by Gasteiger charge is -2.25. The van der Waals surface area contributed by atoms with Gasteiger partial charge in [-0.15, -0.1) is 11.3 Å². The van der Waals surface area contributed by atoms with E-state index in [1.165, 1.54) is 11.3 Å². The third-order valence-corrected chi connectivity index (χ3v) is 5.30. The van der Waals surface area contributed by atoms with Gasteiger partial charge in [0.25, 0.3) is 0 Å². The molecule has 2 rings (SSSR count). The van der Waals surface area contributed by atoms with E-state index in [-0.39, 0.29) is 24.1 Å². The van der Waals surface area contributed by atoms with Gasteiger partial charge in [-0.2, -0.15) is 0 Å². The minimum absolute atomic E-state index is 0.0460. The summed E-state index contributed by atoms with van der Waals surface area (Å²) < 4.78 is 22.9. The molecule has 1 unspecified atom stereocenters. The Bertz CT molecular complexity index is 512. The van der Waals surface area contributed by atoms with Crippen molar-refractivity contribution in [3.8, 4) is 0 Å². The van der Waals surface area contributed by atoms with Gasteiger partial charge >= 0.3 is 5.97 Å². The largest absolute Gasteiger partial charge is 0.480 e. The SMILES string of the molecule is O=C(O)CN(Cc1cscn1)C1CCS(=O)(=O)C1. The highest BCUT2D eigenvalue weighted by molar-refractivity contribution is 7.91. The van der Waals surface area contributed by atoms with Gasteiger partial charge in [0, 0.05) is 18.0 Å². The summed E-state index contributed by atoms with van der Waals surface area (Å²) in [6, 6.07) is -0.215. The van der Waals surface area contributed by atoms with Crippen LogP contribution in [-0.4, -0.2) is 53.5 Å². The topological polar surface area (TPSA) is 87.6 Å². The van der Waals surface area contributed by atoms with Crippen molar-refractivity contribution in [1.29, 1.82) is 0 Å². The summed E-state index contributed by atoms with van der Waals surface area (Å²) in [6.45, 7) is 0.230. The zero-order valence-corrected chi connectivity index (χ0v) is 11.3. The third kappa shape index (κ3) is 3.50. The number of hydrogen-bond acceptors (Lipinski definition) is 6. The molecule has 1 N–H and O–H groups in total. The molecule has 0 saturated carbocycles. The fourth-order valence-electron chi connectivity index (χ4n) is 2.07. The van der Waals surface area contributed by atoms with Crippen LogP contribution in [0.4, 0.5) is 0 Å². The Labute approximate surface area is 109 Å². The highest BCUT2D eigenvalue weighted by Crippen LogP contribution is 2.19. The lowest BCUT2D eigenvalue weighted by atomic mass is 10.2. The van der Waals surface area contributed by atoms with Crippen LogP contribution in [0.25, 0.3) is 0 Å². The molecule has 1 saturated heterocycles. The molecule has 0 radical (unpaired) electrons. The predicted octanol–water partition coefficient (Wildman–Crippen LogP) is 0.217. The molecule has 1 aliphatic heterocycles. The standard InChI is InChI=1S/C10H14N2O4S2/c13-10(14)4-12(3-8-5-17-7-11-8)9-1-2-18(15,16)6-9/h5,7,9H,1-4,6H2,(H,13,14). The Hall–Kier alpha value is -0.990. The molecule has 0 amide bonds. The lowest BCUT2D eigenvalue weighted by Crippen LogP contribution is -2.39. The number of carboxylic acids is 1. The maximum atomic E-state index is 11.4. The monoisotopic (exact) mass is 290 g/mol. The van der Waals surface area contributed by atoms with Crippen molar-refractivity contribution in [2.45, 2.75) is 19.0 Å². The summed E-state index contributed by atoms with van der Waals surface area (Å²) in [4.78, 5) is 16.6. The molecule has 0 aliphatic carbocycles. The average molecular weight is 290 g/mol. The molecule has 18 heavy (non-hydrogen) atoms. The van der Waals surface area contributed by atoms with Crippen molar-refractivity contribution < 1.29 is 18.3 Å². The maximum absolute atomic E-state index is 11.4. The maximum Gasteiger partial charge on any atom is 0.317 e. The first kappa shape index (κ1) is 13.4. The second-order valence-electron chi connectivity index (χ2n) is 4.34. The Balaban J connectivity index is 2.08. The van der Waals surface area contributed by atoms with E-state index in [2.05, 4.69) is 4.98 Å². The summed E-state index contributed by atoms with van der Waals surface area (Å²) in [5, 5.41) is 10.7. The third-order valence-electron chi connectivity index (χ3n) is 2.91. The van der Waals surface area contributed by atoms with Gasteiger partial charge in [0.05, 0.1) is 29.3 Å². The minimum atomic E-state index is -3.01. The van der Waals surface area contributed by atoms with Gasteiger partial charge in [0.15, 0.2) is 9.84 Å². The summed E-state index contributed by atoms with van der Waals surface area (Å²) in [5.74, 6) is -0.760. The Morgan fingerprint density at radius 1 is 1.61 bits per heavy atom. The number of aromatic nitrogens is 1. The van der Waals surface area contributed by atoms with E-state index in [1.807, 2.05) is 5.38 Å². The predicted molar refractivity (Wildman–Crippen MR) is 67.2 cm³/mol. The van der Waals surface area contributed by atoms with Crippen LogP contribution >= 0.6 is 11.3 Å². The quantitative estimate of drug-likeness (QED) is 0.834. The Morgan fingerprint density at radius 2 is 2.39 bits per heavy atom. The molecule has 8 heteroatoms. The number of nitrogens with zero attached hydrogens (tertiary/aromatic N) is 2. The molecule has 6 nitrogen and oxygen atoms in total. The molecule has 1 aromatic heterocycles. The van der Waals surface area contributed by atoms with Crippen molar-refractivity contribution in [2.75, 3.05) is 18.1 Å². The molecule has 1 fully saturated rings. The molecule has 0 bridgehead atoms. The molecule has 1 atom stereocenters. The molecule has 100 valence electrons. The fourth-order valence-corrected chi connectivity index (χ4v) is 4.39. The van der Waals surface area contributed by atoms with Crippen LogP contribution in [0.15, 0.2) is 10.9 Å². The number of aliphatic carboxylic acids is 1. The summed E-state index contributed by atoms with van der Waals surface area (Å²) in [5.41, 5.74) is 2.46. The van der Waals surface area contributed by atoms with E-state index >= 15 is 0 Å². The number of sulfone groups is 1. The van der Waals surface area contributed by atoms with Crippen LogP contribution in [0.1, 0.15) is 12.1 Å². The smallest absolute Gasteiger partial charge is 0.317 e. The zero-order chi connectivity index (χ0) is 13.2. The molecule has 0 spiro atoms. The van der Waals surface area contributed by atoms with Crippen LogP contribution in [0, 0.1) is 0 Å². The molecular formula is C10H14N2O4S2. The number of rotatable bonds is 5. The van der Waals surface area contributed by atoms with E-state index < -0.39 is 15.8 Å². The highest BCUT2D eigenvalue weighted by Gasteiger charge is 2.33. The van der Waals surface area contributed by atoms with Crippen molar-refractivity contribution in [3.63, 3.8) is 0 Å². The average Bonchev–Trinajstić information content (AvgIpc) is 2.86. The summed E-state index contributed by atoms with van der Waals surface area (Å²) in [7, 11) is -3.01. The van der Waals surface area contributed by atoms with Crippen LogP contribution in [-0.2, 0) is 21.2 Å². The van der Waals surface area contributed by atoms with Crippen LogP contribution in [0.3, 0.4) is 0 Å². The van der Waals surface area contributed by atoms with E-state index in [4.69, 9.17) is 5.11 Å². The highest BCUT2D eigenvalue weighted by atomic mass is 32.2. The number of carboxylic acid groups (broad SMARTS) is 1.